The maximum atomic E-state index is 12.7. The summed E-state index contributed by atoms with van der Waals surface area (Å²) in [6, 6.07) is -3.37. The number of aliphatic hydroxyl groups is 21. The Balaban J connectivity index is 1.13. The molecule has 7 rings (SSSR count). The molecule has 0 spiro atoms. The van der Waals surface area contributed by atoms with Crippen LogP contribution in [0.1, 0.15) is 13.8 Å². The lowest BCUT2D eigenvalue weighted by atomic mass is 9.94. The van der Waals surface area contributed by atoms with Crippen molar-refractivity contribution in [2.75, 3.05) is 46.2 Å². The summed E-state index contributed by atoms with van der Waals surface area (Å²) in [6.07, 6.45) is -64.0. The minimum Gasteiger partial charge on any atom is -0.394 e. The third-order valence-electron chi connectivity index (χ3n) is 15.3. The van der Waals surface area contributed by atoms with Gasteiger partial charge in [-0.2, -0.15) is 0 Å². The van der Waals surface area contributed by atoms with Gasteiger partial charge in [0.25, 0.3) is 0 Å². The molecule has 0 aromatic carbocycles. The summed E-state index contributed by atoms with van der Waals surface area (Å²) in [5.74, 6) is -1.61. The lowest BCUT2D eigenvalue weighted by molar-refractivity contribution is -0.386. The molecule has 0 unspecified atom stereocenters. The van der Waals surface area contributed by atoms with Crippen molar-refractivity contribution in [2.24, 2.45) is 0 Å². The van der Waals surface area contributed by atoms with E-state index in [-0.39, 0.29) is 0 Å². The molecule has 84 heavy (non-hydrogen) atoms. The molecule has 35 atom stereocenters. The highest BCUT2D eigenvalue weighted by Crippen LogP contribution is 2.36. The van der Waals surface area contributed by atoms with E-state index in [4.69, 9.17) is 61.6 Å². The van der Waals surface area contributed by atoms with Gasteiger partial charge in [0.15, 0.2) is 44.0 Å². The quantitative estimate of drug-likeness (QED) is 0.0507. The third-order valence-corrected chi connectivity index (χ3v) is 15.3. The van der Waals surface area contributed by atoms with Crippen molar-refractivity contribution in [1.82, 2.24) is 10.6 Å². The fraction of sp³-hybridized carbons (Fsp3) is 0.957. The lowest BCUT2D eigenvalue weighted by Crippen LogP contribution is -2.70. The van der Waals surface area contributed by atoms with Gasteiger partial charge in [0, 0.05) is 13.8 Å². The van der Waals surface area contributed by atoms with E-state index in [2.05, 4.69) is 10.6 Å². The first-order valence-corrected chi connectivity index (χ1v) is 26.6. The second kappa shape index (κ2) is 29.9. The smallest absolute Gasteiger partial charge is 0.217 e. The number of hydrogen-bond acceptors (Lipinski definition) is 36. The minimum atomic E-state index is -2.37. The van der Waals surface area contributed by atoms with Crippen molar-refractivity contribution in [1.29, 1.82) is 0 Å². The van der Waals surface area contributed by atoms with Crippen molar-refractivity contribution in [3.8, 4) is 0 Å². The first kappa shape index (κ1) is 69.1. The van der Waals surface area contributed by atoms with Crippen molar-refractivity contribution >= 4 is 11.8 Å². The molecule has 0 aliphatic carbocycles. The van der Waals surface area contributed by atoms with Crippen LogP contribution in [0.15, 0.2) is 0 Å². The summed E-state index contributed by atoms with van der Waals surface area (Å²) in [5.41, 5.74) is 0. The third kappa shape index (κ3) is 15.1. The standard InChI is InChI=1S/C46H78N2O36/c1-10(53)47-19-26(60)37(14(5-51)75-40(19)71)82-41-20(48-11(2)54)27(61)38(15(6-52)78-41)83-46-36(70)39(84-45-35(69)31(65)24(58)17(80-45)8-73-43-33(67)29(63)22(56)13(4-50)77-43)25(59)18(81-46)9-74-44-34(68)30(64)23(57)16(79-44)7-72-42-32(66)28(62)21(55)12(3-49)76-42/h12-46,49-52,55-71H,3-9H2,1-2H3,(H,47,53)(H,48,54)/t12-,13-,14-,15-,16-,17-,18-,19-,20-,21-,22-,23-,24-,25-,26-,27-,28+,29+,30+,31+,32+,33+,34+,35+,36+,37-,38-,39+,40-,41+,42+,43+,44+,45-,46+/m1/s1. The molecule has 23 N–H and O–H groups in total. The number of carbonyl (C=O) groups excluding carboxylic acids is 2. The van der Waals surface area contributed by atoms with Crippen molar-refractivity contribution in [3.63, 3.8) is 0 Å². The van der Waals surface area contributed by atoms with Crippen molar-refractivity contribution in [3.05, 3.63) is 0 Å². The predicted molar refractivity (Wildman–Crippen MR) is 255 cm³/mol. The molecule has 38 heteroatoms. The van der Waals surface area contributed by atoms with Crippen LogP contribution in [0.4, 0.5) is 0 Å². The highest BCUT2D eigenvalue weighted by molar-refractivity contribution is 5.73. The Labute approximate surface area is 475 Å². The van der Waals surface area contributed by atoms with E-state index in [1.807, 2.05) is 0 Å². The van der Waals surface area contributed by atoms with Crippen molar-refractivity contribution < 1.29 is 178 Å². The first-order chi connectivity index (χ1) is 39.7. The van der Waals surface area contributed by atoms with E-state index in [9.17, 15) is 117 Å². The maximum Gasteiger partial charge on any atom is 0.217 e. The summed E-state index contributed by atoms with van der Waals surface area (Å²) >= 11 is 0. The van der Waals surface area contributed by atoms with Crippen molar-refractivity contribution in [2.45, 2.75) is 229 Å². The molecule has 38 nitrogen and oxygen atoms in total. The average molecular weight is 1240 g/mol. The molecule has 0 aromatic heterocycles. The van der Waals surface area contributed by atoms with Crippen LogP contribution >= 0.6 is 0 Å². The fourth-order valence-corrected chi connectivity index (χ4v) is 10.5. The van der Waals surface area contributed by atoms with Gasteiger partial charge >= 0.3 is 0 Å². The Bertz CT molecular complexity index is 2060. The highest BCUT2D eigenvalue weighted by atomic mass is 16.8. The van der Waals surface area contributed by atoms with Gasteiger partial charge in [-0.15, -0.1) is 0 Å². The summed E-state index contributed by atoms with van der Waals surface area (Å²) in [6.45, 7) is -4.39. The number of carbonyl (C=O) groups is 2. The molecule has 7 aliphatic rings. The Morgan fingerprint density at radius 1 is 0.310 bits per heavy atom. The molecular formula is C46H78N2O36. The van der Waals surface area contributed by atoms with Gasteiger partial charge in [-0.25, -0.2) is 0 Å². The van der Waals surface area contributed by atoms with Crippen LogP contribution in [-0.2, 0) is 71.2 Å². The van der Waals surface area contributed by atoms with Gasteiger partial charge in [0.2, 0.25) is 11.8 Å². The van der Waals surface area contributed by atoms with Crippen LogP contribution in [0.2, 0.25) is 0 Å². The Morgan fingerprint density at radius 3 is 1.02 bits per heavy atom. The van der Waals surface area contributed by atoms with E-state index < -0.39 is 273 Å². The number of amides is 2. The monoisotopic (exact) mass is 1230 g/mol. The molecule has 2 amide bonds. The van der Waals surface area contributed by atoms with Crippen LogP contribution in [-0.4, -0.2) is 380 Å². The van der Waals surface area contributed by atoms with Gasteiger partial charge in [-0.3, -0.25) is 9.59 Å². The minimum absolute atomic E-state index is 0.738. The Kier molecular flexibility index (Phi) is 24.6. The van der Waals surface area contributed by atoms with E-state index in [1.54, 1.807) is 0 Å². The number of aliphatic hydroxyl groups excluding tert-OH is 21. The summed E-state index contributed by atoms with van der Waals surface area (Å²) < 4.78 is 73.8. The Morgan fingerprint density at radius 2 is 0.607 bits per heavy atom. The molecule has 0 aromatic rings. The van der Waals surface area contributed by atoms with Crippen LogP contribution in [0, 0.1) is 0 Å². The maximum absolute atomic E-state index is 12.7. The summed E-state index contributed by atoms with van der Waals surface area (Å²) in [4.78, 5) is 24.6. The zero-order valence-corrected chi connectivity index (χ0v) is 44.7. The lowest BCUT2D eigenvalue weighted by Gasteiger charge is -2.50. The Hall–Kier alpha value is -2.42. The molecular weight excluding hydrogens is 1160 g/mol. The molecule has 7 heterocycles. The first-order valence-electron chi connectivity index (χ1n) is 26.6. The van der Waals surface area contributed by atoms with Crippen LogP contribution in [0.5, 0.6) is 0 Å². The van der Waals surface area contributed by atoms with Crippen LogP contribution in [0.3, 0.4) is 0 Å². The fourth-order valence-electron chi connectivity index (χ4n) is 10.5. The number of rotatable bonds is 21. The van der Waals surface area contributed by atoms with E-state index in [1.165, 1.54) is 0 Å². The van der Waals surface area contributed by atoms with Gasteiger partial charge in [0.1, 0.15) is 171 Å². The van der Waals surface area contributed by atoms with Gasteiger partial charge in [-0.05, 0) is 0 Å². The summed E-state index contributed by atoms with van der Waals surface area (Å²) in [5, 5.41) is 230. The van der Waals surface area contributed by atoms with Gasteiger partial charge in [0.05, 0.1) is 46.2 Å². The second-order valence-corrected chi connectivity index (χ2v) is 21.2. The number of ether oxygens (including phenoxy) is 13. The topological polar surface area (TPSA) is 603 Å². The average Bonchev–Trinajstić information content (AvgIpc) is 3.21. The van der Waals surface area contributed by atoms with E-state index in [0.717, 1.165) is 13.8 Å². The molecule has 0 saturated carbocycles. The SMILES string of the molecule is CC(=O)N[C@@H]1[C@@H](O)[C@H](O[C@@H]2O[C@H](CO)[C@@H](O[C@@H]3O[C@H](CO[C@H]4O[C@H](CO[C@H]5O[C@H](CO)[C@@H](O)[C@H](O)[C@@H]5O)[C@@H](O)[C@H](O)[C@@H]4O)[C@@H](O)[C@H](O[C@H]4O[C@H](CO[C@H]5O[C@H](CO)[C@@H](O)[C@H](O)[C@@H]5O)[C@@H](O)[C@H](O)[C@@H]4O)[C@@H]3O)[C@H](O)[C@H]2NC(C)=O)[C@@H](CO)O[C@H]1O. The van der Waals surface area contributed by atoms with E-state index in [0.29, 0.717) is 0 Å². The van der Waals surface area contributed by atoms with Crippen LogP contribution < -0.4 is 10.6 Å². The molecule has 7 aliphatic heterocycles. The number of hydrogen-bond donors (Lipinski definition) is 23. The largest absolute Gasteiger partial charge is 0.394 e. The zero-order chi connectivity index (χ0) is 61.9. The van der Waals surface area contributed by atoms with Gasteiger partial charge < -0.3 is 179 Å². The zero-order valence-electron chi connectivity index (χ0n) is 44.7. The van der Waals surface area contributed by atoms with Crippen LogP contribution in [0.25, 0.3) is 0 Å². The second-order valence-electron chi connectivity index (χ2n) is 21.2. The highest BCUT2D eigenvalue weighted by Gasteiger charge is 2.57. The molecule has 0 bridgehead atoms. The normalized spacial score (nSPS) is 50.3. The molecule has 0 radical (unpaired) electrons. The molecule has 7 fully saturated rings. The predicted octanol–water partition coefficient (Wildman–Crippen LogP) is -16.0. The van der Waals surface area contributed by atoms with Gasteiger partial charge in [-0.1, -0.05) is 0 Å². The molecule has 488 valence electrons. The molecule has 7 saturated heterocycles. The summed E-state index contributed by atoms with van der Waals surface area (Å²) in [7, 11) is 0. The van der Waals surface area contributed by atoms with E-state index >= 15 is 0 Å². The number of nitrogens with one attached hydrogen (secondary N) is 2.